The molecule has 3 rings (SSSR count). The van der Waals surface area contributed by atoms with Gasteiger partial charge in [-0.1, -0.05) is 31.2 Å². The van der Waals surface area contributed by atoms with Crippen molar-refractivity contribution in [1.29, 1.82) is 0 Å². The molecule has 0 spiro atoms. The Labute approximate surface area is 163 Å². The second kappa shape index (κ2) is 9.55. The molecule has 0 saturated heterocycles. The molecule has 0 atom stereocenters. The molecule has 0 fully saturated rings. The van der Waals surface area contributed by atoms with Crippen LogP contribution < -0.4 is 10.6 Å². The number of amides is 2. The molecule has 0 aliphatic carbocycles. The zero-order valence-electron chi connectivity index (χ0n) is 15.9. The van der Waals surface area contributed by atoms with Crippen LogP contribution in [0.4, 0.5) is 5.82 Å². The molecule has 28 heavy (non-hydrogen) atoms. The molecule has 2 aromatic heterocycles. The number of furan rings is 1. The van der Waals surface area contributed by atoms with E-state index in [2.05, 4.69) is 46.9 Å². The van der Waals surface area contributed by atoms with Crippen molar-refractivity contribution in [2.24, 2.45) is 0 Å². The quantitative estimate of drug-likeness (QED) is 0.558. The molecule has 146 valence electrons. The summed E-state index contributed by atoms with van der Waals surface area (Å²) in [5, 5.41) is 9.89. The number of aryl methyl sites for hydroxylation is 1. The molecule has 2 amide bonds. The van der Waals surface area contributed by atoms with Crippen LogP contribution in [0.25, 0.3) is 0 Å². The number of nitrogens with one attached hydrogen (secondary N) is 2. The van der Waals surface area contributed by atoms with E-state index in [0.29, 0.717) is 31.7 Å². The summed E-state index contributed by atoms with van der Waals surface area (Å²) in [5.74, 6) is 0.525. The van der Waals surface area contributed by atoms with Crippen molar-refractivity contribution < 1.29 is 14.0 Å². The van der Waals surface area contributed by atoms with E-state index in [9.17, 15) is 9.59 Å². The van der Waals surface area contributed by atoms with Gasteiger partial charge in [0.15, 0.2) is 5.76 Å². The summed E-state index contributed by atoms with van der Waals surface area (Å²) in [6.45, 7) is 3.11. The van der Waals surface area contributed by atoms with Gasteiger partial charge in [-0.2, -0.15) is 5.10 Å². The molecule has 0 unspecified atom stereocenters. The molecule has 1 aromatic carbocycles. The van der Waals surface area contributed by atoms with Crippen LogP contribution >= 0.6 is 0 Å². The van der Waals surface area contributed by atoms with E-state index < -0.39 is 0 Å². The smallest absolute Gasteiger partial charge is 0.286 e. The Bertz CT molecular complexity index is 898. The lowest BCUT2D eigenvalue weighted by Gasteiger charge is -2.10. The van der Waals surface area contributed by atoms with Crippen LogP contribution in [0, 0.1) is 0 Å². The second-order valence-electron chi connectivity index (χ2n) is 6.43. The first-order chi connectivity index (χ1) is 13.7. The third-order valence-corrected chi connectivity index (χ3v) is 4.36. The Morgan fingerprint density at radius 3 is 2.61 bits per heavy atom. The zero-order chi connectivity index (χ0) is 19.8. The minimum atomic E-state index is -0.280. The van der Waals surface area contributed by atoms with E-state index in [1.165, 1.54) is 11.8 Å². The molecule has 7 nitrogen and oxygen atoms in total. The number of carbonyl (C=O) groups excluding carboxylic acids is 2. The van der Waals surface area contributed by atoms with Crippen molar-refractivity contribution in [3.05, 3.63) is 71.8 Å². The van der Waals surface area contributed by atoms with E-state index in [1.807, 2.05) is 0 Å². The average molecular weight is 380 g/mol. The van der Waals surface area contributed by atoms with Crippen LogP contribution in [-0.4, -0.2) is 28.1 Å². The van der Waals surface area contributed by atoms with Crippen LogP contribution in [0.3, 0.4) is 0 Å². The van der Waals surface area contributed by atoms with E-state index in [1.54, 1.807) is 29.1 Å². The highest BCUT2D eigenvalue weighted by atomic mass is 16.3. The lowest BCUT2D eigenvalue weighted by Crippen LogP contribution is -2.25. The summed E-state index contributed by atoms with van der Waals surface area (Å²) in [6.07, 6.45) is 4.95. The van der Waals surface area contributed by atoms with Crippen molar-refractivity contribution in [3.63, 3.8) is 0 Å². The zero-order valence-corrected chi connectivity index (χ0v) is 15.9. The molecule has 0 aliphatic rings. The maximum atomic E-state index is 12.2. The van der Waals surface area contributed by atoms with Crippen molar-refractivity contribution >= 4 is 17.6 Å². The van der Waals surface area contributed by atoms with Gasteiger partial charge in [-0.05, 0) is 36.1 Å². The van der Waals surface area contributed by atoms with Gasteiger partial charge < -0.3 is 15.1 Å². The van der Waals surface area contributed by atoms with Crippen LogP contribution in [0.5, 0.6) is 0 Å². The third-order valence-electron chi connectivity index (χ3n) is 4.36. The van der Waals surface area contributed by atoms with Gasteiger partial charge in [0, 0.05) is 19.0 Å². The predicted octanol–water partition coefficient (Wildman–Crippen LogP) is 3.24. The fraction of sp³-hybridized carbons (Fsp3) is 0.286. The van der Waals surface area contributed by atoms with Crippen LogP contribution in [0.15, 0.2) is 59.3 Å². The number of carbonyl (C=O) groups is 2. The standard InChI is InChI=1S/C21H24N4O3/c1-2-16-7-9-17(10-8-16)15-25-19(11-13-23-25)24-20(26)6-3-12-22-21(27)18-5-4-14-28-18/h4-5,7-11,13-14H,2-3,6,12,15H2,1H3,(H,22,27)(H,24,26). The summed E-state index contributed by atoms with van der Waals surface area (Å²) in [6, 6.07) is 13.4. The Hall–Kier alpha value is -3.35. The fourth-order valence-corrected chi connectivity index (χ4v) is 2.77. The Morgan fingerprint density at radius 2 is 1.89 bits per heavy atom. The van der Waals surface area contributed by atoms with Gasteiger partial charge in [-0.3, -0.25) is 9.59 Å². The van der Waals surface area contributed by atoms with Gasteiger partial charge >= 0.3 is 0 Å². The summed E-state index contributed by atoms with van der Waals surface area (Å²) in [4.78, 5) is 23.9. The molecule has 0 bridgehead atoms. The first-order valence-corrected chi connectivity index (χ1v) is 9.37. The number of hydrogen-bond donors (Lipinski definition) is 2. The topological polar surface area (TPSA) is 89.2 Å². The maximum absolute atomic E-state index is 12.2. The highest BCUT2D eigenvalue weighted by Gasteiger charge is 2.10. The van der Waals surface area contributed by atoms with Gasteiger partial charge in [-0.15, -0.1) is 0 Å². The highest BCUT2D eigenvalue weighted by Crippen LogP contribution is 2.12. The summed E-state index contributed by atoms with van der Waals surface area (Å²) >= 11 is 0. The van der Waals surface area contributed by atoms with Gasteiger partial charge in [0.2, 0.25) is 5.91 Å². The van der Waals surface area contributed by atoms with Crippen LogP contribution in [0.1, 0.15) is 41.4 Å². The van der Waals surface area contributed by atoms with Gasteiger partial charge in [-0.25, -0.2) is 4.68 Å². The lowest BCUT2D eigenvalue weighted by atomic mass is 10.1. The second-order valence-corrected chi connectivity index (χ2v) is 6.43. The molecule has 0 radical (unpaired) electrons. The third kappa shape index (κ3) is 5.33. The fourth-order valence-electron chi connectivity index (χ4n) is 2.77. The van der Waals surface area contributed by atoms with E-state index in [0.717, 1.165) is 12.0 Å². The van der Waals surface area contributed by atoms with E-state index >= 15 is 0 Å². The molecular weight excluding hydrogens is 356 g/mol. The maximum Gasteiger partial charge on any atom is 0.286 e. The van der Waals surface area contributed by atoms with Gasteiger partial charge in [0.25, 0.3) is 5.91 Å². The van der Waals surface area contributed by atoms with Gasteiger partial charge in [0.05, 0.1) is 19.0 Å². The van der Waals surface area contributed by atoms with Gasteiger partial charge in [0.1, 0.15) is 5.82 Å². The van der Waals surface area contributed by atoms with Crippen molar-refractivity contribution in [1.82, 2.24) is 15.1 Å². The largest absolute Gasteiger partial charge is 0.459 e. The number of benzene rings is 1. The normalized spacial score (nSPS) is 10.6. The number of anilines is 1. The molecule has 3 aromatic rings. The monoisotopic (exact) mass is 380 g/mol. The predicted molar refractivity (Wildman–Crippen MR) is 106 cm³/mol. The Kier molecular flexibility index (Phi) is 6.62. The first-order valence-electron chi connectivity index (χ1n) is 9.37. The Morgan fingerprint density at radius 1 is 1.11 bits per heavy atom. The molecule has 0 aliphatic heterocycles. The van der Waals surface area contributed by atoms with E-state index in [-0.39, 0.29) is 17.6 Å². The average Bonchev–Trinajstić information content (AvgIpc) is 3.38. The first kappa shape index (κ1) is 19.4. The molecular formula is C21H24N4O3. The summed E-state index contributed by atoms with van der Waals surface area (Å²) < 4.78 is 6.78. The highest BCUT2D eigenvalue weighted by molar-refractivity contribution is 5.91. The van der Waals surface area contributed by atoms with Crippen molar-refractivity contribution in [2.75, 3.05) is 11.9 Å². The molecule has 0 saturated carbocycles. The van der Waals surface area contributed by atoms with E-state index in [4.69, 9.17) is 4.42 Å². The minimum Gasteiger partial charge on any atom is -0.459 e. The SMILES string of the molecule is CCc1ccc(Cn2nccc2NC(=O)CCCNC(=O)c2ccco2)cc1. The summed E-state index contributed by atoms with van der Waals surface area (Å²) in [7, 11) is 0. The number of nitrogens with zero attached hydrogens (tertiary/aromatic N) is 2. The molecule has 7 heteroatoms. The Balaban J connectivity index is 1.44. The minimum absolute atomic E-state index is 0.115. The molecule has 2 N–H and O–H groups in total. The number of hydrogen-bond acceptors (Lipinski definition) is 4. The number of rotatable bonds is 9. The van der Waals surface area contributed by atoms with Crippen LogP contribution in [-0.2, 0) is 17.8 Å². The van der Waals surface area contributed by atoms with Crippen molar-refractivity contribution in [2.45, 2.75) is 32.7 Å². The molecule has 2 heterocycles. The van der Waals surface area contributed by atoms with Crippen LogP contribution in [0.2, 0.25) is 0 Å². The number of aromatic nitrogens is 2. The summed E-state index contributed by atoms with van der Waals surface area (Å²) in [5.41, 5.74) is 2.41. The van der Waals surface area contributed by atoms with Crippen molar-refractivity contribution in [3.8, 4) is 0 Å². The lowest BCUT2D eigenvalue weighted by molar-refractivity contribution is -0.116.